The summed E-state index contributed by atoms with van der Waals surface area (Å²) in [7, 11) is 0. The zero-order chi connectivity index (χ0) is 11.3. The highest BCUT2D eigenvalue weighted by molar-refractivity contribution is 14.1. The molecule has 0 aliphatic carbocycles. The van der Waals surface area contributed by atoms with Crippen LogP contribution in [0.4, 0.5) is 0 Å². The van der Waals surface area contributed by atoms with Crippen LogP contribution in [-0.4, -0.2) is 10.5 Å². The highest BCUT2D eigenvalue weighted by Crippen LogP contribution is 2.24. The maximum Gasteiger partial charge on any atom is 0.0918 e. The van der Waals surface area contributed by atoms with Crippen LogP contribution in [-0.2, 0) is 4.74 Å². The topological polar surface area (TPSA) is 9.23 Å². The van der Waals surface area contributed by atoms with Gasteiger partial charge in [-0.15, -0.1) is 0 Å². The molecular formula is C12H16BrIO. The largest absolute Gasteiger partial charge is 0.370 e. The smallest absolute Gasteiger partial charge is 0.0918 e. The summed E-state index contributed by atoms with van der Waals surface area (Å²) in [5, 5.41) is 0. The Labute approximate surface area is 114 Å². The van der Waals surface area contributed by atoms with Crippen LogP contribution < -0.4 is 0 Å². The molecule has 0 aliphatic rings. The molecule has 1 aromatic rings. The number of ether oxygens (including phenoxy) is 1. The standard InChI is InChI=1S/C12H16BrIO/c1-3-9(2)15-12(8-14)10-5-4-6-11(13)7-10/h4-7,9,12H,3,8H2,1-2H3. The molecule has 84 valence electrons. The van der Waals surface area contributed by atoms with E-state index < -0.39 is 0 Å². The summed E-state index contributed by atoms with van der Waals surface area (Å²) in [6, 6.07) is 8.35. The van der Waals surface area contributed by atoms with Gasteiger partial charge in [-0.3, -0.25) is 0 Å². The minimum atomic E-state index is 0.207. The molecule has 0 radical (unpaired) electrons. The molecule has 1 aromatic carbocycles. The summed E-state index contributed by atoms with van der Waals surface area (Å²) >= 11 is 5.86. The van der Waals surface area contributed by atoms with Gasteiger partial charge in [0.15, 0.2) is 0 Å². The Morgan fingerprint density at radius 2 is 2.20 bits per heavy atom. The molecule has 3 heteroatoms. The quantitative estimate of drug-likeness (QED) is 0.527. The van der Waals surface area contributed by atoms with E-state index in [0.29, 0.717) is 6.10 Å². The van der Waals surface area contributed by atoms with Crippen LogP contribution in [0.2, 0.25) is 0 Å². The summed E-state index contributed by atoms with van der Waals surface area (Å²) in [6.07, 6.45) is 1.59. The lowest BCUT2D eigenvalue weighted by molar-refractivity contribution is 0.00975. The number of benzene rings is 1. The van der Waals surface area contributed by atoms with E-state index in [-0.39, 0.29) is 6.10 Å². The van der Waals surface area contributed by atoms with Gasteiger partial charge in [0.25, 0.3) is 0 Å². The van der Waals surface area contributed by atoms with Gasteiger partial charge in [-0.2, -0.15) is 0 Å². The molecule has 0 amide bonds. The van der Waals surface area contributed by atoms with E-state index >= 15 is 0 Å². The second kappa shape index (κ2) is 6.86. The summed E-state index contributed by atoms with van der Waals surface area (Å²) in [5.41, 5.74) is 1.25. The Balaban J connectivity index is 2.73. The van der Waals surface area contributed by atoms with Crippen LogP contribution in [0.5, 0.6) is 0 Å². The average Bonchev–Trinajstić information content (AvgIpc) is 2.25. The Morgan fingerprint density at radius 1 is 1.47 bits per heavy atom. The van der Waals surface area contributed by atoms with Crippen molar-refractivity contribution in [1.82, 2.24) is 0 Å². The van der Waals surface area contributed by atoms with E-state index in [1.807, 2.05) is 6.07 Å². The van der Waals surface area contributed by atoms with Gasteiger partial charge in [0, 0.05) is 8.90 Å². The first-order valence-electron chi connectivity index (χ1n) is 5.14. The van der Waals surface area contributed by atoms with Crippen LogP contribution in [0.1, 0.15) is 31.9 Å². The first kappa shape index (κ1) is 13.5. The lowest BCUT2D eigenvalue weighted by Crippen LogP contribution is -2.13. The van der Waals surface area contributed by atoms with Crippen molar-refractivity contribution >= 4 is 38.5 Å². The van der Waals surface area contributed by atoms with Crippen molar-refractivity contribution in [3.8, 4) is 0 Å². The lowest BCUT2D eigenvalue weighted by atomic mass is 10.1. The van der Waals surface area contributed by atoms with Crippen LogP contribution >= 0.6 is 38.5 Å². The van der Waals surface area contributed by atoms with E-state index in [0.717, 1.165) is 15.3 Å². The number of rotatable bonds is 5. The first-order chi connectivity index (χ1) is 7.17. The lowest BCUT2D eigenvalue weighted by Gasteiger charge is -2.20. The number of hydrogen-bond acceptors (Lipinski definition) is 1. The van der Waals surface area contributed by atoms with Crippen LogP contribution in [0, 0.1) is 0 Å². The van der Waals surface area contributed by atoms with Gasteiger partial charge in [0.1, 0.15) is 0 Å². The molecule has 0 fully saturated rings. The van der Waals surface area contributed by atoms with E-state index in [4.69, 9.17) is 4.74 Å². The van der Waals surface area contributed by atoms with Crippen molar-refractivity contribution in [1.29, 1.82) is 0 Å². The SMILES string of the molecule is CCC(C)OC(CI)c1cccc(Br)c1. The van der Waals surface area contributed by atoms with Gasteiger partial charge < -0.3 is 4.74 Å². The zero-order valence-electron chi connectivity index (χ0n) is 9.04. The second-order valence-electron chi connectivity index (χ2n) is 3.55. The third kappa shape index (κ3) is 4.41. The van der Waals surface area contributed by atoms with Crippen molar-refractivity contribution in [2.45, 2.75) is 32.5 Å². The van der Waals surface area contributed by atoms with E-state index in [1.54, 1.807) is 0 Å². The molecule has 0 N–H and O–H groups in total. The molecule has 15 heavy (non-hydrogen) atoms. The fourth-order valence-corrected chi connectivity index (χ4v) is 2.42. The van der Waals surface area contributed by atoms with Gasteiger partial charge in [0.2, 0.25) is 0 Å². The average molecular weight is 383 g/mol. The van der Waals surface area contributed by atoms with Gasteiger partial charge in [-0.05, 0) is 31.0 Å². The van der Waals surface area contributed by atoms with Gasteiger partial charge in [-0.1, -0.05) is 57.6 Å². The molecule has 2 atom stereocenters. The number of alkyl halides is 1. The molecular weight excluding hydrogens is 367 g/mol. The van der Waals surface area contributed by atoms with Crippen LogP contribution in [0.15, 0.2) is 28.7 Å². The van der Waals surface area contributed by atoms with Crippen molar-refractivity contribution in [3.63, 3.8) is 0 Å². The Kier molecular flexibility index (Phi) is 6.16. The molecule has 1 rings (SSSR count). The van der Waals surface area contributed by atoms with Crippen molar-refractivity contribution in [2.75, 3.05) is 4.43 Å². The Morgan fingerprint density at radius 3 is 2.73 bits per heavy atom. The van der Waals surface area contributed by atoms with Crippen molar-refractivity contribution in [2.24, 2.45) is 0 Å². The predicted molar refractivity (Wildman–Crippen MR) is 76.6 cm³/mol. The normalized spacial score (nSPS) is 14.9. The molecule has 0 aromatic heterocycles. The van der Waals surface area contributed by atoms with Crippen LogP contribution in [0.25, 0.3) is 0 Å². The van der Waals surface area contributed by atoms with E-state index in [9.17, 15) is 0 Å². The molecule has 0 heterocycles. The Hall–Kier alpha value is 0.390. The molecule has 0 bridgehead atoms. The fourth-order valence-electron chi connectivity index (χ4n) is 1.29. The maximum absolute atomic E-state index is 5.96. The molecule has 0 saturated heterocycles. The summed E-state index contributed by atoms with van der Waals surface area (Å²) in [6.45, 7) is 4.27. The highest BCUT2D eigenvalue weighted by Gasteiger charge is 2.13. The highest BCUT2D eigenvalue weighted by atomic mass is 127. The molecule has 0 spiro atoms. The minimum Gasteiger partial charge on any atom is -0.370 e. The van der Waals surface area contributed by atoms with Crippen molar-refractivity contribution < 1.29 is 4.74 Å². The molecule has 0 saturated carbocycles. The van der Waals surface area contributed by atoms with Crippen LogP contribution in [0.3, 0.4) is 0 Å². The first-order valence-corrected chi connectivity index (χ1v) is 7.46. The summed E-state index contributed by atoms with van der Waals surface area (Å²) < 4.78 is 8.06. The van der Waals surface area contributed by atoms with Crippen molar-refractivity contribution in [3.05, 3.63) is 34.3 Å². The third-order valence-corrected chi connectivity index (χ3v) is 3.63. The molecule has 2 unspecified atom stereocenters. The summed E-state index contributed by atoms with van der Waals surface area (Å²) in [5.74, 6) is 0. The van der Waals surface area contributed by atoms with E-state index in [2.05, 4.69) is 70.6 Å². The van der Waals surface area contributed by atoms with Gasteiger partial charge in [0.05, 0.1) is 12.2 Å². The minimum absolute atomic E-state index is 0.207. The second-order valence-corrected chi connectivity index (χ2v) is 5.35. The third-order valence-electron chi connectivity index (χ3n) is 2.33. The number of hydrogen-bond donors (Lipinski definition) is 0. The fraction of sp³-hybridized carbons (Fsp3) is 0.500. The van der Waals surface area contributed by atoms with Gasteiger partial charge >= 0.3 is 0 Å². The summed E-state index contributed by atoms with van der Waals surface area (Å²) in [4.78, 5) is 0. The molecule has 0 aliphatic heterocycles. The number of halogens is 2. The maximum atomic E-state index is 5.96. The predicted octanol–water partition coefficient (Wildman–Crippen LogP) is 4.74. The van der Waals surface area contributed by atoms with Gasteiger partial charge in [-0.25, -0.2) is 0 Å². The Bertz CT molecular complexity index is 303. The zero-order valence-corrected chi connectivity index (χ0v) is 12.8. The monoisotopic (exact) mass is 382 g/mol. The van der Waals surface area contributed by atoms with E-state index in [1.165, 1.54) is 5.56 Å². The molecule has 1 nitrogen and oxygen atoms in total.